The summed E-state index contributed by atoms with van der Waals surface area (Å²) in [6, 6.07) is 23.2. The highest BCUT2D eigenvalue weighted by Crippen LogP contribution is 2.31. The zero-order valence-corrected chi connectivity index (χ0v) is 22.6. The van der Waals surface area contributed by atoms with E-state index in [9.17, 15) is 9.59 Å². The molecule has 200 valence electrons. The van der Waals surface area contributed by atoms with E-state index in [4.69, 9.17) is 9.47 Å². The van der Waals surface area contributed by atoms with Crippen molar-refractivity contribution >= 4 is 11.8 Å². The lowest BCUT2D eigenvalue weighted by molar-refractivity contribution is -0.141. The summed E-state index contributed by atoms with van der Waals surface area (Å²) in [6.07, 6.45) is 1.28. The van der Waals surface area contributed by atoms with Crippen molar-refractivity contribution in [2.45, 2.75) is 52.6 Å². The number of nitrogens with one attached hydrogen (secondary N) is 1. The van der Waals surface area contributed by atoms with Gasteiger partial charge in [-0.3, -0.25) is 9.59 Å². The first-order valence-corrected chi connectivity index (χ1v) is 13.4. The SMILES string of the molecule is Cc1cccc(CN(C(=O)CCc2ccc3c(c2)OCCO3)[C@H](Cc2ccccc2)C(=O)NCC(C)C)c1. The van der Waals surface area contributed by atoms with Crippen LogP contribution in [0.4, 0.5) is 0 Å². The number of rotatable bonds is 11. The summed E-state index contributed by atoms with van der Waals surface area (Å²) in [4.78, 5) is 29.2. The lowest BCUT2D eigenvalue weighted by Crippen LogP contribution is -2.51. The van der Waals surface area contributed by atoms with Crippen molar-refractivity contribution in [2.75, 3.05) is 19.8 Å². The first-order chi connectivity index (χ1) is 18.4. The number of amides is 2. The molecule has 3 aromatic rings. The molecule has 0 radical (unpaired) electrons. The lowest BCUT2D eigenvalue weighted by atomic mass is 10.0. The number of hydrogen-bond donors (Lipinski definition) is 1. The van der Waals surface area contributed by atoms with Crippen LogP contribution in [0.3, 0.4) is 0 Å². The predicted octanol–water partition coefficient (Wildman–Crippen LogP) is 5.11. The maximum absolute atomic E-state index is 13.9. The molecule has 0 bridgehead atoms. The molecular weight excluding hydrogens is 476 g/mol. The number of benzene rings is 3. The molecule has 2 amide bonds. The topological polar surface area (TPSA) is 67.9 Å². The molecule has 1 atom stereocenters. The summed E-state index contributed by atoms with van der Waals surface area (Å²) < 4.78 is 11.3. The molecule has 0 saturated carbocycles. The molecule has 1 heterocycles. The molecule has 6 nitrogen and oxygen atoms in total. The van der Waals surface area contributed by atoms with Crippen LogP contribution in [-0.2, 0) is 29.0 Å². The predicted molar refractivity (Wildman–Crippen MR) is 149 cm³/mol. The Labute approximate surface area is 226 Å². The normalized spacial score (nSPS) is 13.2. The van der Waals surface area contributed by atoms with Gasteiger partial charge in [-0.2, -0.15) is 0 Å². The Morgan fingerprint density at radius 1 is 0.868 bits per heavy atom. The minimum absolute atomic E-state index is 0.0537. The first kappa shape index (κ1) is 27.2. The fourth-order valence-electron chi connectivity index (χ4n) is 4.62. The van der Waals surface area contributed by atoms with E-state index in [-0.39, 0.29) is 18.2 Å². The highest BCUT2D eigenvalue weighted by atomic mass is 16.6. The van der Waals surface area contributed by atoms with Crippen LogP contribution in [-0.4, -0.2) is 42.5 Å². The van der Waals surface area contributed by atoms with Gasteiger partial charge in [0.15, 0.2) is 11.5 Å². The summed E-state index contributed by atoms with van der Waals surface area (Å²) in [5, 5.41) is 3.08. The van der Waals surface area contributed by atoms with E-state index < -0.39 is 6.04 Å². The van der Waals surface area contributed by atoms with E-state index in [0.717, 1.165) is 28.0 Å². The quantitative estimate of drug-likeness (QED) is 0.386. The number of aryl methyl sites for hydroxylation is 2. The van der Waals surface area contributed by atoms with Crippen LogP contribution in [0, 0.1) is 12.8 Å². The third-order valence-electron chi connectivity index (χ3n) is 6.63. The zero-order valence-electron chi connectivity index (χ0n) is 22.6. The molecule has 38 heavy (non-hydrogen) atoms. The van der Waals surface area contributed by atoms with Crippen molar-refractivity contribution in [3.63, 3.8) is 0 Å². The smallest absolute Gasteiger partial charge is 0.243 e. The molecule has 6 heteroatoms. The van der Waals surface area contributed by atoms with Gasteiger partial charge < -0.3 is 19.7 Å². The van der Waals surface area contributed by atoms with Crippen molar-refractivity contribution in [2.24, 2.45) is 5.92 Å². The van der Waals surface area contributed by atoms with E-state index >= 15 is 0 Å². The average Bonchev–Trinajstić information content (AvgIpc) is 2.92. The second kappa shape index (κ2) is 13.1. The number of carbonyl (C=O) groups is 2. The Morgan fingerprint density at radius 2 is 1.61 bits per heavy atom. The largest absolute Gasteiger partial charge is 0.486 e. The molecule has 1 aliphatic rings. The molecule has 4 rings (SSSR count). The van der Waals surface area contributed by atoms with Crippen LogP contribution in [0.2, 0.25) is 0 Å². The van der Waals surface area contributed by atoms with Crippen molar-refractivity contribution in [3.8, 4) is 11.5 Å². The van der Waals surface area contributed by atoms with Gasteiger partial charge >= 0.3 is 0 Å². The Morgan fingerprint density at radius 3 is 2.34 bits per heavy atom. The van der Waals surface area contributed by atoms with Crippen molar-refractivity contribution in [1.29, 1.82) is 0 Å². The fraction of sp³-hybridized carbons (Fsp3) is 0.375. The van der Waals surface area contributed by atoms with E-state index in [1.807, 2.05) is 73.7 Å². The van der Waals surface area contributed by atoms with Gasteiger partial charge in [0.25, 0.3) is 0 Å². The minimum Gasteiger partial charge on any atom is -0.486 e. The van der Waals surface area contributed by atoms with E-state index in [1.165, 1.54) is 0 Å². The van der Waals surface area contributed by atoms with E-state index in [2.05, 4.69) is 25.2 Å². The monoisotopic (exact) mass is 514 g/mol. The third kappa shape index (κ3) is 7.60. The summed E-state index contributed by atoms with van der Waals surface area (Å²) >= 11 is 0. The molecule has 0 aromatic heterocycles. The van der Waals surface area contributed by atoms with Crippen molar-refractivity contribution < 1.29 is 19.1 Å². The summed E-state index contributed by atoms with van der Waals surface area (Å²) in [7, 11) is 0. The van der Waals surface area contributed by atoms with Gasteiger partial charge in [-0.1, -0.05) is 80.1 Å². The van der Waals surface area contributed by atoms with Gasteiger partial charge in [0.05, 0.1) is 0 Å². The number of fused-ring (bicyclic) bond motifs is 1. The van der Waals surface area contributed by atoms with Crippen molar-refractivity contribution in [1.82, 2.24) is 10.2 Å². The average molecular weight is 515 g/mol. The zero-order chi connectivity index (χ0) is 26.9. The van der Waals surface area contributed by atoms with Gasteiger partial charge in [0.2, 0.25) is 11.8 Å². The van der Waals surface area contributed by atoms with Gasteiger partial charge in [-0.25, -0.2) is 0 Å². The number of nitrogens with zero attached hydrogens (tertiary/aromatic N) is 1. The fourth-order valence-corrected chi connectivity index (χ4v) is 4.62. The molecular formula is C32H38N2O4. The first-order valence-electron chi connectivity index (χ1n) is 13.4. The maximum atomic E-state index is 13.9. The van der Waals surface area contributed by atoms with Gasteiger partial charge in [-0.15, -0.1) is 0 Å². The molecule has 1 N–H and O–H groups in total. The van der Waals surface area contributed by atoms with Crippen LogP contribution in [0.1, 0.15) is 42.5 Å². The second-order valence-electron chi connectivity index (χ2n) is 10.3. The second-order valence-corrected chi connectivity index (χ2v) is 10.3. The van der Waals surface area contributed by atoms with Crippen LogP contribution in [0.15, 0.2) is 72.8 Å². The summed E-state index contributed by atoms with van der Waals surface area (Å²) in [5.41, 5.74) is 4.15. The highest BCUT2D eigenvalue weighted by Gasteiger charge is 2.30. The molecule has 0 saturated heterocycles. The van der Waals surface area contributed by atoms with Crippen LogP contribution in [0.25, 0.3) is 0 Å². The molecule has 0 unspecified atom stereocenters. The molecule has 3 aromatic carbocycles. The van der Waals surface area contributed by atoms with Gasteiger partial charge in [0, 0.05) is 25.9 Å². The summed E-state index contributed by atoms with van der Waals surface area (Å²) in [6.45, 7) is 8.16. The van der Waals surface area contributed by atoms with Crippen LogP contribution >= 0.6 is 0 Å². The third-order valence-corrected chi connectivity index (χ3v) is 6.63. The van der Waals surface area contributed by atoms with Crippen molar-refractivity contribution in [3.05, 3.63) is 95.1 Å². The van der Waals surface area contributed by atoms with Crippen LogP contribution < -0.4 is 14.8 Å². The molecule has 0 aliphatic carbocycles. The summed E-state index contributed by atoms with van der Waals surface area (Å²) in [5.74, 6) is 1.59. The Kier molecular flexibility index (Phi) is 9.41. The number of ether oxygens (including phenoxy) is 2. The van der Waals surface area contributed by atoms with Crippen LogP contribution in [0.5, 0.6) is 11.5 Å². The standard InChI is InChI=1S/C32H38N2O4/c1-23(2)21-33-32(36)28(19-25-9-5-4-6-10-25)34(22-27-11-7-8-24(3)18-27)31(35)15-13-26-12-14-29-30(20-26)38-17-16-37-29/h4-12,14,18,20,23,28H,13,15-17,19,21-22H2,1-3H3,(H,33,36)/t28-/m1/s1. The molecule has 0 fully saturated rings. The number of carbonyl (C=O) groups excluding carboxylic acids is 2. The maximum Gasteiger partial charge on any atom is 0.243 e. The van der Waals surface area contributed by atoms with Gasteiger partial charge in [-0.05, 0) is 48.1 Å². The highest BCUT2D eigenvalue weighted by molar-refractivity contribution is 5.88. The Balaban J connectivity index is 1.59. The minimum atomic E-state index is -0.621. The molecule has 0 spiro atoms. The van der Waals surface area contributed by atoms with E-state index in [0.29, 0.717) is 50.8 Å². The molecule has 1 aliphatic heterocycles. The lowest BCUT2D eigenvalue weighted by Gasteiger charge is -2.32. The number of hydrogen-bond acceptors (Lipinski definition) is 4. The van der Waals surface area contributed by atoms with Gasteiger partial charge in [0.1, 0.15) is 19.3 Å². The Bertz CT molecular complexity index is 1230. The van der Waals surface area contributed by atoms with E-state index in [1.54, 1.807) is 4.90 Å². The Hall–Kier alpha value is -3.80.